The van der Waals surface area contributed by atoms with Gasteiger partial charge in [-0.25, -0.2) is 9.97 Å². The van der Waals surface area contributed by atoms with Crippen LogP contribution in [-0.2, 0) is 5.41 Å². The zero-order valence-electron chi connectivity index (χ0n) is 30.4. The van der Waals surface area contributed by atoms with E-state index in [4.69, 9.17) is 14.7 Å². The van der Waals surface area contributed by atoms with Crippen molar-refractivity contribution in [2.24, 2.45) is 0 Å². The maximum atomic E-state index is 6.89. The average Bonchev–Trinajstić information content (AvgIpc) is 3.57. The number of fused-ring (bicyclic) bond motifs is 9. The van der Waals surface area contributed by atoms with Gasteiger partial charge in [-0.2, -0.15) is 0 Å². The Morgan fingerprint density at radius 2 is 0.786 bits per heavy atom. The Morgan fingerprint density at radius 1 is 0.304 bits per heavy atom. The van der Waals surface area contributed by atoms with Crippen molar-refractivity contribution in [2.45, 2.75) is 5.41 Å². The molecular weight excluding hydrogens is 681 g/mol. The van der Waals surface area contributed by atoms with Gasteiger partial charge in [0.25, 0.3) is 0 Å². The van der Waals surface area contributed by atoms with Crippen LogP contribution in [0.3, 0.4) is 0 Å². The van der Waals surface area contributed by atoms with Crippen LogP contribution >= 0.6 is 0 Å². The second-order valence-electron chi connectivity index (χ2n) is 14.4. The lowest BCUT2D eigenvalue weighted by molar-refractivity contribution is 0.436. The summed E-state index contributed by atoms with van der Waals surface area (Å²) >= 11 is 0. The molecule has 3 heteroatoms. The molecule has 0 radical (unpaired) electrons. The van der Waals surface area contributed by atoms with Gasteiger partial charge >= 0.3 is 0 Å². The lowest BCUT2D eigenvalue weighted by atomic mass is 9.66. The van der Waals surface area contributed by atoms with E-state index < -0.39 is 5.41 Å². The van der Waals surface area contributed by atoms with Crippen molar-refractivity contribution in [1.82, 2.24) is 9.97 Å². The number of hydrogen-bond donors (Lipinski definition) is 0. The molecule has 2 aliphatic rings. The maximum absolute atomic E-state index is 6.89. The molecule has 1 aliphatic carbocycles. The normalized spacial score (nSPS) is 12.9. The molecule has 262 valence electrons. The van der Waals surface area contributed by atoms with Crippen LogP contribution < -0.4 is 4.74 Å². The summed E-state index contributed by atoms with van der Waals surface area (Å²) < 4.78 is 6.89. The third-order valence-corrected chi connectivity index (χ3v) is 11.4. The molecule has 0 saturated heterocycles. The van der Waals surface area contributed by atoms with Gasteiger partial charge in [-0.15, -0.1) is 0 Å². The van der Waals surface area contributed by atoms with Crippen molar-refractivity contribution < 1.29 is 4.74 Å². The summed E-state index contributed by atoms with van der Waals surface area (Å²) in [5, 5.41) is 0. The fourth-order valence-electron chi connectivity index (χ4n) is 9.00. The second kappa shape index (κ2) is 12.9. The van der Waals surface area contributed by atoms with E-state index >= 15 is 0 Å². The monoisotopic (exact) mass is 714 g/mol. The van der Waals surface area contributed by atoms with Crippen molar-refractivity contribution in [3.8, 4) is 78.8 Å². The minimum absolute atomic E-state index is 0.498. The molecule has 1 aromatic heterocycles. The van der Waals surface area contributed by atoms with Crippen molar-refractivity contribution >= 4 is 0 Å². The van der Waals surface area contributed by atoms with Crippen molar-refractivity contribution in [1.29, 1.82) is 0 Å². The minimum Gasteiger partial charge on any atom is -0.457 e. The first-order chi connectivity index (χ1) is 27.8. The van der Waals surface area contributed by atoms with Gasteiger partial charge in [-0.1, -0.05) is 188 Å². The lowest BCUT2D eigenvalue weighted by Gasteiger charge is -2.39. The van der Waals surface area contributed by atoms with Gasteiger partial charge in [0, 0.05) is 27.8 Å². The van der Waals surface area contributed by atoms with Gasteiger partial charge in [0.05, 0.1) is 16.8 Å². The minimum atomic E-state index is -0.498. The zero-order chi connectivity index (χ0) is 37.1. The molecule has 0 atom stereocenters. The highest BCUT2D eigenvalue weighted by Gasteiger charge is 2.50. The molecule has 0 fully saturated rings. The standard InChI is InChI=1S/C53H34N2O/c1-3-17-35(18-4-1)48-34-49(55-52(54-48)36-19-5-2-6-20-36)43-26-10-9-23-40(43)39-22-8-7-21-38(39)37-31-32-47-51(33-37)56-50-30-16-15-29-46(50)53(47)44-27-13-11-24-41(44)42-25-12-14-28-45(42)53/h1-34H. The summed E-state index contributed by atoms with van der Waals surface area (Å²) in [6, 6.07) is 73.0. The van der Waals surface area contributed by atoms with E-state index in [2.05, 4.69) is 182 Å². The molecule has 0 N–H and O–H groups in total. The number of hydrogen-bond acceptors (Lipinski definition) is 3. The maximum Gasteiger partial charge on any atom is 0.160 e. The first kappa shape index (κ1) is 32.1. The first-order valence-electron chi connectivity index (χ1n) is 19.1. The van der Waals surface area contributed by atoms with Crippen molar-refractivity contribution in [3.63, 3.8) is 0 Å². The highest BCUT2D eigenvalue weighted by atomic mass is 16.5. The third kappa shape index (κ3) is 4.91. The Bertz CT molecular complexity index is 2850. The summed E-state index contributed by atoms with van der Waals surface area (Å²) in [6.45, 7) is 0. The number of para-hydroxylation sites is 1. The van der Waals surface area contributed by atoms with E-state index in [0.29, 0.717) is 5.82 Å². The Morgan fingerprint density at radius 3 is 1.46 bits per heavy atom. The molecule has 0 saturated carbocycles. The van der Waals surface area contributed by atoms with E-state index in [9.17, 15) is 0 Å². The smallest absolute Gasteiger partial charge is 0.160 e. The number of nitrogens with zero attached hydrogens (tertiary/aromatic N) is 2. The number of ether oxygens (including phenoxy) is 1. The molecule has 0 amide bonds. The topological polar surface area (TPSA) is 35.0 Å². The summed E-state index contributed by atoms with van der Waals surface area (Å²) in [5.41, 5.74) is 16.2. The highest BCUT2D eigenvalue weighted by Crippen LogP contribution is 2.62. The number of rotatable bonds is 5. The molecule has 2 heterocycles. The summed E-state index contributed by atoms with van der Waals surface area (Å²) in [5.74, 6) is 2.45. The van der Waals surface area contributed by atoms with E-state index in [1.165, 1.54) is 27.8 Å². The SMILES string of the molecule is c1ccc(-c2cc(-c3ccccc3-c3ccccc3-c3ccc4c(c3)Oc3ccccc3C43c4ccccc4-c4ccccc43)nc(-c3ccccc3)n2)cc1. The van der Waals surface area contributed by atoms with Crippen LogP contribution in [0.25, 0.3) is 67.3 Å². The number of benzene rings is 8. The lowest BCUT2D eigenvalue weighted by Crippen LogP contribution is -2.32. The summed E-state index contributed by atoms with van der Waals surface area (Å²) in [6.07, 6.45) is 0. The van der Waals surface area contributed by atoms with E-state index in [1.807, 2.05) is 24.3 Å². The van der Waals surface area contributed by atoms with Crippen LogP contribution in [0.5, 0.6) is 11.5 Å². The molecule has 8 aromatic carbocycles. The predicted octanol–water partition coefficient (Wildman–Crippen LogP) is 13.3. The van der Waals surface area contributed by atoms with Crippen LogP contribution in [0.1, 0.15) is 22.3 Å². The Kier molecular flexibility index (Phi) is 7.39. The predicted molar refractivity (Wildman–Crippen MR) is 227 cm³/mol. The van der Waals surface area contributed by atoms with Crippen LogP contribution in [0.2, 0.25) is 0 Å². The average molecular weight is 715 g/mol. The van der Waals surface area contributed by atoms with Gasteiger partial charge < -0.3 is 4.74 Å². The largest absolute Gasteiger partial charge is 0.457 e. The highest BCUT2D eigenvalue weighted by molar-refractivity contribution is 5.93. The molecule has 3 nitrogen and oxygen atoms in total. The Labute approximate surface area is 326 Å². The Balaban J connectivity index is 1.09. The van der Waals surface area contributed by atoms with E-state index in [0.717, 1.165) is 67.4 Å². The molecular formula is C53H34N2O. The van der Waals surface area contributed by atoms with E-state index in [-0.39, 0.29) is 0 Å². The van der Waals surface area contributed by atoms with Crippen molar-refractivity contribution in [2.75, 3.05) is 0 Å². The quantitative estimate of drug-likeness (QED) is 0.178. The van der Waals surface area contributed by atoms with Gasteiger partial charge in [0.1, 0.15) is 11.5 Å². The van der Waals surface area contributed by atoms with E-state index in [1.54, 1.807) is 0 Å². The van der Waals surface area contributed by atoms with Crippen LogP contribution in [0.4, 0.5) is 0 Å². The fourth-order valence-corrected chi connectivity index (χ4v) is 9.00. The summed E-state index contributed by atoms with van der Waals surface area (Å²) in [4.78, 5) is 10.3. The van der Waals surface area contributed by atoms with Gasteiger partial charge in [0.2, 0.25) is 0 Å². The van der Waals surface area contributed by atoms with Gasteiger partial charge in [0.15, 0.2) is 5.82 Å². The fraction of sp³-hybridized carbons (Fsp3) is 0.0189. The molecule has 1 spiro atoms. The van der Waals surface area contributed by atoms with Crippen LogP contribution in [0, 0.1) is 0 Å². The molecule has 9 aromatic rings. The first-order valence-corrected chi connectivity index (χ1v) is 19.1. The van der Waals surface area contributed by atoms with Gasteiger partial charge in [-0.3, -0.25) is 0 Å². The summed E-state index contributed by atoms with van der Waals surface area (Å²) in [7, 11) is 0. The second-order valence-corrected chi connectivity index (χ2v) is 14.4. The molecule has 11 rings (SSSR count). The zero-order valence-corrected chi connectivity index (χ0v) is 30.4. The molecule has 0 unspecified atom stereocenters. The van der Waals surface area contributed by atoms with Gasteiger partial charge in [-0.05, 0) is 62.7 Å². The van der Waals surface area contributed by atoms with Crippen LogP contribution in [0.15, 0.2) is 206 Å². The molecule has 0 bridgehead atoms. The molecule has 56 heavy (non-hydrogen) atoms. The van der Waals surface area contributed by atoms with Crippen LogP contribution in [-0.4, -0.2) is 9.97 Å². The Hall–Kier alpha value is -7.36. The third-order valence-electron chi connectivity index (χ3n) is 11.4. The molecule has 1 aliphatic heterocycles. The number of aromatic nitrogens is 2. The van der Waals surface area contributed by atoms with Crippen molar-refractivity contribution in [3.05, 3.63) is 229 Å².